The third kappa shape index (κ3) is 6.48. The first kappa shape index (κ1) is 12.3. The first-order valence-corrected chi connectivity index (χ1v) is 4.97. The minimum Gasteiger partial charge on any atom is -0.324 e. The van der Waals surface area contributed by atoms with Crippen molar-refractivity contribution >= 4 is 19.6 Å². The molecule has 7 heteroatoms. The number of carbonyl (C=O) groups excluding carboxylic acids is 2. The van der Waals surface area contributed by atoms with Crippen LogP contribution in [-0.2, 0) is 18.7 Å². The second kappa shape index (κ2) is 6.80. The second-order valence-corrected chi connectivity index (χ2v) is 3.49. The molecule has 0 radical (unpaired) electrons. The molecule has 0 saturated carbocycles. The van der Waals surface area contributed by atoms with Crippen molar-refractivity contribution in [3.8, 4) is 0 Å². The van der Waals surface area contributed by atoms with Crippen molar-refractivity contribution in [2.45, 2.75) is 0 Å². The van der Waals surface area contributed by atoms with Crippen LogP contribution in [0, 0.1) is 0 Å². The number of rotatable bonds is 7. The summed E-state index contributed by atoms with van der Waals surface area (Å²) in [6, 6.07) is 0. The number of ketones is 2. The Balaban J connectivity index is 3.63. The zero-order valence-electron chi connectivity index (χ0n) is 7.06. The first-order chi connectivity index (χ1) is 6.10. The van der Waals surface area contributed by atoms with E-state index in [1.54, 1.807) is 0 Å². The smallest absolute Gasteiger partial charge is 0.324 e. The van der Waals surface area contributed by atoms with Gasteiger partial charge in [0.1, 0.15) is 0 Å². The van der Waals surface area contributed by atoms with E-state index in [4.69, 9.17) is 11.5 Å². The molecule has 0 heterocycles. The van der Waals surface area contributed by atoms with Crippen molar-refractivity contribution in [2.75, 3.05) is 25.9 Å². The predicted octanol–water partition coefficient (Wildman–Crippen LogP) is -1.20. The minimum atomic E-state index is -2.12. The van der Waals surface area contributed by atoms with Gasteiger partial charge in [0.25, 0.3) is 0 Å². The molecule has 1 unspecified atom stereocenters. The van der Waals surface area contributed by atoms with Gasteiger partial charge in [-0.3, -0.25) is 9.59 Å². The third-order valence-electron chi connectivity index (χ3n) is 1.13. The summed E-state index contributed by atoms with van der Waals surface area (Å²) in [4.78, 5) is 21.2. The van der Waals surface area contributed by atoms with Crippen molar-refractivity contribution < 1.29 is 18.7 Å². The average Bonchev–Trinajstić information content (AvgIpc) is 2.13. The van der Waals surface area contributed by atoms with Gasteiger partial charge >= 0.3 is 8.03 Å². The average molecular weight is 207 g/mol. The quantitative estimate of drug-likeness (QED) is 0.507. The highest BCUT2D eigenvalue weighted by molar-refractivity contribution is 7.40. The summed E-state index contributed by atoms with van der Waals surface area (Å²) in [5.41, 5.74) is 9.96. The Morgan fingerprint density at radius 1 is 1.15 bits per heavy atom. The summed E-state index contributed by atoms with van der Waals surface area (Å²) >= 11 is 0. The Bertz CT molecular complexity index is 219. The van der Waals surface area contributed by atoms with E-state index in [1.807, 2.05) is 0 Å². The van der Waals surface area contributed by atoms with Gasteiger partial charge in [0.05, 0.1) is 13.1 Å². The zero-order valence-corrected chi connectivity index (χ0v) is 7.96. The SMILES string of the molecule is NCC(=O)CO[P+](=O)CC(=O)CN. The summed E-state index contributed by atoms with van der Waals surface area (Å²) in [7, 11) is -2.12. The Hall–Kier alpha value is -0.680. The Morgan fingerprint density at radius 2 is 1.69 bits per heavy atom. The Labute approximate surface area is 76.5 Å². The highest BCUT2D eigenvalue weighted by atomic mass is 31.1. The highest BCUT2D eigenvalue weighted by Gasteiger charge is 2.22. The van der Waals surface area contributed by atoms with Crippen LogP contribution in [0.5, 0.6) is 0 Å². The number of Topliss-reactive ketones (excluding diaryl/α,β-unsaturated/α-hetero) is 2. The molecule has 0 aliphatic carbocycles. The fourth-order valence-electron chi connectivity index (χ4n) is 0.457. The van der Waals surface area contributed by atoms with Crippen LogP contribution < -0.4 is 11.5 Å². The van der Waals surface area contributed by atoms with E-state index < -0.39 is 8.03 Å². The van der Waals surface area contributed by atoms with E-state index in [9.17, 15) is 14.2 Å². The van der Waals surface area contributed by atoms with Gasteiger partial charge in [-0.25, -0.2) is 0 Å². The monoisotopic (exact) mass is 207 g/mol. The molecular formula is C6H12N2O4P+. The van der Waals surface area contributed by atoms with Crippen molar-refractivity contribution in [2.24, 2.45) is 11.5 Å². The van der Waals surface area contributed by atoms with Crippen LogP contribution in [-0.4, -0.2) is 37.4 Å². The molecule has 0 aliphatic rings. The Morgan fingerprint density at radius 3 is 2.15 bits per heavy atom. The topological polar surface area (TPSA) is 112 Å². The Kier molecular flexibility index (Phi) is 6.44. The number of nitrogens with two attached hydrogens (primary N) is 2. The fraction of sp³-hybridized carbons (Fsp3) is 0.667. The lowest BCUT2D eigenvalue weighted by Gasteiger charge is -1.89. The third-order valence-corrected chi connectivity index (χ3v) is 2.16. The molecule has 0 spiro atoms. The van der Waals surface area contributed by atoms with Crippen LogP contribution >= 0.6 is 8.03 Å². The molecule has 0 saturated heterocycles. The molecule has 1 atom stereocenters. The number of carbonyl (C=O) groups is 2. The zero-order chi connectivity index (χ0) is 10.3. The highest BCUT2D eigenvalue weighted by Crippen LogP contribution is 2.20. The lowest BCUT2D eigenvalue weighted by atomic mass is 10.4. The molecule has 0 aromatic heterocycles. The van der Waals surface area contributed by atoms with Gasteiger partial charge in [-0.2, -0.15) is 0 Å². The van der Waals surface area contributed by atoms with E-state index in [-0.39, 0.29) is 37.4 Å². The molecule has 0 bridgehead atoms. The second-order valence-electron chi connectivity index (χ2n) is 2.25. The van der Waals surface area contributed by atoms with Gasteiger partial charge in [0, 0.05) is 0 Å². The van der Waals surface area contributed by atoms with Gasteiger partial charge in [-0.15, -0.1) is 4.52 Å². The van der Waals surface area contributed by atoms with E-state index in [0.717, 1.165) is 0 Å². The van der Waals surface area contributed by atoms with Gasteiger partial charge in [0.2, 0.25) is 6.16 Å². The molecule has 0 rings (SSSR count). The molecule has 4 N–H and O–H groups in total. The van der Waals surface area contributed by atoms with Crippen molar-refractivity contribution in [1.82, 2.24) is 0 Å². The first-order valence-electron chi connectivity index (χ1n) is 3.61. The number of hydrogen-bond donors (Lipinski definition) is 2. The van der Waals surface area contributed by atoms with E-state index in [1.165, 1.54) is 0 Å². The summed E-state index contributed by atoms with van der Waals surface area (Å²) in [6.45, 7) is -0.646. The summed E-state index contributed by atoms with van der Waals surface area (Å²) in [5, 5.41) is 0. The molecule has 0 aliphatic heterocycles. The number of hydrogen-bond acceptors (Lipinski definition) is 6. The molecule has 0 amide bonds. The summed E-state index contributed by atoms with van der Waals surface area (Å²) in [6.07, 6.45) is -0.246. The van der Waals surface area contributed by atoms with Crippen molar-refractivity contribution in [3.63, 3.8) is 0 Å². The van der Waals surface area contributed by atoms with Crippen LogP contribution in [0.25, 0.3) is 0 Å². The van der Waals surface area contributed by atoms with Crippen LogP contribution in [0.15, 0.2) is 0 Å². The van der Waals surface area contributed by atoms with Crippen LogP contribution in [0.4, 0.5) is 0 Å². The summed E-state index contributed by atoms with van der Waals surface area (Å²) < 4.78 is 15.5. The van der Waals surface area contributed by atoms with E-state index in [0.29, 0.717) is 0 Å². The largest absolute Gasteiger partial charge is 0.516 e. The van der Waals surface area contributed by atoms with Crippen molar-refractivity contribution in [3.05, 3.63) is 0 Å². The maximum absolute atomic E-state index is 10.9. The maximum Gasteiger partial charge on any atom is 0.516 e. The fourth-order valence-corrected chi connectivity index (χ4v) is 1.25. The predicted molar refractivity (Wildman–Crippen MR) is 46.5 cm³/mol. The minimum absolute atomic E-state index is 0.159. The van der Waals surface area contributed by atoms with Gasteiger partial charge in [-0.05, 0) is 4.57 Å². The van der Waals surface area contributed by atoms with Crippen LogP contribution in [0.1, 0.15) is 0 Å². The molecule has 0 fully saturated rings. The summed E-state index contributed by atoms with van der Waals surface area (Å²) in [5.74, 6) is -0.718. The lowest BCUT2D eigenvalue weighted by molar-refractivity contribution is -0.120. The maximum atomic E-state index is 10.9. The van der Waals surface area contributed by atoms with E-state index >= 15 is 0 Å². The molecule has 6 nitrogen and oxygen atoms in total. The molecule has 74 valence electrons. The lowest BCUT2D eigenvalue weighted by Crippen LogP contribution is -2.19. The van der Waals surface area contributed by atoms with Crippen molar-refractivity contribution in [1.29, 1.82) is 0 Å². The van der Waals surface area contributed by atoms with E-state index in [2.05, 4.69) is 4.52 Å². The molecular weight excluding hydrogens is 195 g/mol. The standard InChI is InChI=1S/C6H12N2O4P/c7-1-5(9)3-12-13(11)4-6(10)2-8/h1-4,7-8H2/q+1. The van der Waals surface area contributed by atoms with Gasteiger partial charge in [-0.1, -0.05) is 0 Å². The molecule has 13 heavy (non-hydrogen) atoms. The van der Waals surface area contributed by atoms with Crippen LogP contribution in [0.3, 0.4) is 0 Å². The molecule has 0 aromatic rings. The normalized spacial score (nSPS) is 11.1. The van der Waals surface area contributed by atoms with Gasteiger partial charge in [0.15, 0.2) is 18.2 Å². The molecule has 0 aromatic carbocycles. The van der Waals surface area contributed by atoms with Gasteiger partial charge < -0.3 is 11.5 Å². The van der Waals surface area contributed by atoms with Crippen LogP contribution in [0.2, 0.25) is 0 Å².